The second kappa shape index (κ2) is 10.3. The summed E-state index contributed by atoms with van der Waals surface area (Å²) in [5.41, 5.74) is 3.99. The lowest BCUT2D eigenvalue weighted by atomic mass is 9.92. The predicted molar refractivity (Wildman–Crippen MR) is 132 cm³/mol. The Morgan fingerprint density at radius 1 is 1.00 bits per heavy atom. The van der Waals surface area contributed by atoms with Crippen LogP contribution in [0.2, 0.25) is 0 Å². The zero-order chi connectivity index (χ0) is 24.3. The second-order valence-electron chi connectivity index (χ2n) is 9.35. The van der Waals surface area contributed by atoms with Crippen molar-refractivity contribution in [3.63, 3.8) is 0 Å². The van der Waals surface area contributed by atoms with Gasteiger partial charge in [-0.05, 0) is 86.4 Å². The van der Waals surface area contributed by atoms with E-state index in [1.54, 1.807) is 12.1 Å². The molecule has 1 fully saturated rings. The van der Waals surface area contributed by atoms with Crippen LogP contribution in [0.5, 0.6) is 0 Å². The molecule has 2 aromatic rings. The van der Waals surface area contributed by atoms with E-state index in [2.05, 4.69) is 10.6 Å². The van der Waals surface area contributed by atoms with E-state index in [1.807, 2.05) is 37.3 Å². The first-order valence-corrected chi connectivity index (χ1v) is 13.5. The van der Waals surface area contributed by atoms with E-state index in [-0.39, 0.29) is 23.8 Å². The summed E-state index contributed by atoms with van der Waals surface area (Å²) >= 11 is 0. The third-order valence-corrected chi connectivity index (χ3v) is 8.74. The van der Waals surface area contributed by atoms with Crippen LogP contribution in [0.4, 0.5) is 5.69 Å². The molecule has 2 N–H and O–H groups in total. The Kier molecular flexibility index (Phi) is 7.38. The van der Waals surface area contributed by atoms with Gasteiger partial charge in [0.05, 0.1) is 10.9 Å². The van der Waals surface area contributed by atoms with Crippen molar-refractivity contribution in [3.8, 4) is 0 Å². The van der Waals surface area contributed by atoms with Gasteiger partial charge in [-0.1, -0.05) is 18.2 Å². The number of carbonyl (C=O) groups is 2. The molecule has 7 nitrogen and oxygen atoms in total. The van der Waals surface area contributed by atoms with Crippen LogP contribution >= 0.6 is 0 Å². The number of anilines is 1. The number of carbonyl (C=O) groups excluding carboxylic acids is 2. The Morgan fingerprint density at radius 3 is 2.41 bits per heavy atom. The molecule has 182 valence electrons. The van der Waals surface area contributed by atoms with Crippen molar-refractivity contribution in [1.29, 1.82) is 0 Å². The summed E-state index contributed by atoms with van der Waals surface area (Å²) in [7, 11) is -3.56. The molecule has 1 saturated heterocycles. The maximum Gasteiger partial charge on any atom is 0.243 e. The summed E-state index contributed by atoms with van der Waals surface area (Å²) in [4.78, 5) is 24.5. The van der Waals surface area contributed by atoms with Crippen molar-refractivity contribution in [1.82, 2.24) is 9.62 Å². The van der Waals surface area contributed by atoms with E-state index in [0.717, 1.165) is 36.8 Å². The molecule has 0 aromatic heterocycles. The molecule has 8 heteroatoms. The highest BCUT2D eigenvalue weighted by molar-refractivity contribution is 7.89. The lowest BCUT2D eigenvalue weighted by molar-refractivity contribution is -0.126. The smallest absolute Gasteiger partial charge is 0.243 e. The molecule has 1 heterocycles. The number of rotatable bonds is 6. The zero-order valence-electron chi connectivity index (χ0n) is 19.8. The summed E-state index contributed by atoms with van der Waals surface area (Å²) in [5, 5.41) is 5.80. The molecule has 1 unspecified atom stereocenters. The van der Waals surface area contributed by atoms with E-state index in [0.29, 0.717) is 36.5 Å². The molecule has 0 saturated carbocycles. The Hall–Kier alpha value is -2.71. The van der Waals surface area contributed by atoms with Crippen molar-refractivity contribution in [2.45, 2.75) is 63.3 Å². The summed E-state index contributed by atoms with van der Waals surface area (Å²) < 4.78 is 27.9. The van der Waals surface area contributed by atoms with Gasteiger partial charge in [0.1, 0.15) is 0 Å². The highest BCUT2D eigenvalue weighted by atomic mass is 32.2. The van der Waals surface area contributed by atoms with Crippen LogP contribution < -0.4 is 10.6 Å². The maximum absolute atomic E-state index is 13.2. The fourth-order valence-electron chi connectivity index (χ4n) is 4.88. The Bertz CT molecular complexity index is 1170. The monoisotopic (exact) mass is 483 g/mol. The topological polar surface area (TPSA) is 95.6 Å². The Labute approximate surface area is 202 Å². The van der Waals surface area contributed by atoms with Crippen LogP contribution in [0.15, 0.2) is 47.4 Å². The molecule has 34 heavy (non-hydrogen) atoms. The van der Waals surface area contributed by atoms with Gasteiger partial charge in [-0.3, -0.25) is 9.59 Å². The average Bonchev–Trinajstić information content (AvgIpc) is 2.83. The maximum atomic E-state index is 13.2. The van der Waals surface area contributed by atoms with E-state index < -0.39 is 10.0 Å². The predicted octanol–water partition coefficient (Wildman–Crippen LogP) is 3.80. The van der Waals surface area contributed by atoms with Crippen LogP contribution in [-0.2, 0) is 32.5 Å². The molecule has 2 amide bonds. The summed E-state index contributed by atoms with van der Waals surface area (Å²) in [6.07, 6.45) is 5.21. The molecular formula is C26H33N3O4S. The number of piperidine rings is 1. The molecular weight excluding hydrogens is 450 g/mol. The van der Waals surface area contributed by atoms with Crippen molar-refractivity contribution in [2.24, 2.45) is 5.92 Å². The molecule has 0 bridgehead atoms. The fourth-order valence-corrected chi connectivity index (χ4v) is 6.40. The van der Waals surface area contributed by atoms with Gasteiger partial charge in [-0.25, -0.2) is 8.42 Å². The number of aryl methyl sites for hydroxylation is 2. The van der Waals surface area contributed by atoms with Crippen LogP contribution in [0.25, 0.3) is 0 Å². The minimum Gasteiger partial charge on any atom is -0.349 e. The number of nitrogens with one attached hydrogen (secondary N) is 2. The minimum absolute atomic E-state index is 0.0664. The minimum atomic E-state index is -3.56. The second-order valence-corrected chi connectivity index (χ2v) is 11.3. The summed E-state index contributed by atoms with van der Waals surface area (Å²) in [6.45, 7) is 4.03. The highest BCUT2D eigenvalue weighted by Gasteiger charge is 2.33. The molecule has 2 aliphatic rings. The summed E-state index contributed by atoms with van der Waals surface area (Å²) in [6, 6.07) is 12.7. The Balaban J connectivity index is 1.35. The van der Waals surface area contributed by atoms with E-state index in [1.165, 1.54) is 16.8 Å². The molecule has 1 aliphatic heterocycles. The molecule has 0 spiro atoms. The first kappa shape index (κ1) is 24.4. The standard InChI is InChI=1S/C26H33N3O4S/c1-18(22-8-5-9-24(16-22)28-19(2)30)27-26(31)21-12-14-29(15-13-21)34(32,33)25-11-10-20-6-3-4-7-23(20)17-25/h5,8-11,16-18,21H,3-4,6-7,12-15H2,1-2H3,(H,27,31)(H,28,30). The van der Waals surface area contributed by atoms with Crippen LogP contribution in [0, 0.1) is 5.92 Å². The van der Waals surface area contributed by atoms with Gasteiger partial charge in [0.15, 0.2) is 0 Å². The molecule has 0 radical (unpaired) electrons. The van der Waals surface area contributed by atoms with Gasteiger partial charge in [0, 0.05) is 31.6 Å². The van der Waals surface area contributed by atoms with E-state index >= 15 is 0 Å². The summed E-state index contributed by atoms with van der Waals surface area (Å²) in [5.74, 6) is -0.440. The van der Waals surface area contributed by atoms with Crippen LogP contribution in [-0.4, -0.2) is 37.6 Å². The van der Waals surface area contributed by atoms with Crippen LogP contribution in [0.1, 0.15) is 62.3 Å². The van der Waals surface area contributed by atoms with Gasteiger partial charge in [0.25, 0.3) is 0 Å². The van der Waals surface area contributed by atoms with E-state index in [9.17, 15) is 18.0 Å². The van der Waals surface area contributed by atoms with Gasteiger partial charge in [-0.2, -0.15) is 4.31 Å². The Morgan fingerprint density at radius 2 is 1.71 bits per heavy atom. The van der Waals surface area contributed by atoms with Crippen molar-refractivity contribution >= 4 is 27.5 Å². The van der Waals surface area contributed by atoms with Gasteiger partial charge in [0.2, 0.25) is 21.8 Å². The van der Waals surface area contributed by atoms with E-state index in [4.69, 9.17) is 0 Å². The zero-order valence-corrected chi connectivity index (χ0v) is 20.7. The number of hydrogen-bond acceptors (Lipinski definition) is 4. The van der Waals surface area contributed by atoms with Crippen LogP contribution in [0.3, 0.4) is 0 Å². The van der Waals surface area contributed by atoms with Crippen molar-refractivity contribution in [2.75, 3.05) is 18.4 Å². The van der Waals surface area contributed by atoms with Gasteiger partial charge >= 0.3 is 0 Å². The number of hydrogen-bond donors (Lipinski definition) is 2. The number of amides is 2. The fraction of sp³-hybridized carbons (Fsp3) is 0.462. The number of nitrogens with zero attached hydrogens (tertiary/aromatic N) is 1. The first-order valence-electron chi connectivity index (χ1n) is 12.0. The quantitative estimate of drug-likeness (QED) is 0.653. The number of sulfonamides is 1. The van der Waals surface area contributed by atoms with Crippen molar-refractivity contribution < 1.29 is 18.0 Å². The highest BCUT2D eigenvalue weighted by Crippen LogP contribution is 2.28. The van der Waals surface area contributed by atoms with Crippen molar-refractivity contribution in [3.05, 3.63) is 59.2 Å². The molecule has 2 aromatic carbocycles. The lowest BCUT2D eigenvalue weighted by Crippen LogP contribution is -2.43. The number of benzene rings is 2. The van der Waals surface area contributed by atoms with Gasteiger partial charge < -0.3 is 10.6 Å². The number of fused-ring (bicyclic) bond motifs is 1. The SMILES string of the molecule is CC(=O)Nc1cccc(C(C)NC(=O)C2CCN(S(=O)(=O)c3ccc4c(c3)CCCC4)CC2)c1. The molecule has 4 rings (SSSR count). The lowest BCUT2D eigenvalue weighted by Gasteiger charge is -2.31. The normalized spacial score (nSPS) is 18.1. The largest absolute Gasteiger partial charge is 0.349 e. The molecule has 1 aliphatic carbocycles. The third kappa shape index (κ3) is 5.50. The first-order chi connectivity index (χ1) is 16.2. The average molecular weight is 484 g/mol. The van der Waals surface area contributed by atoms with Gasteiger partial charge in [-0.15, -0.1) is 0 Å². The third-order valence-electron chi connectivity index (χ3n) is 6.85. The molecule has 1 atom stereocenters.